The lowest BCUT2D eigenvalue weighted by Crippen LogP contribution is -2.47. The number of aliphatic hydroxyl groups is 1. The quantitative estimate of drug-likeness (QED) is 0.197. The Hall–Kier alpha value is -4.06. The number of nitrogen functional groups attached to an aromatic ring is 1. The van der Waals surface area contributed by atoms with Crippen LogP contribution in [0, 0.1) is 11.3 Å². The molecule has 1 unspecified atom stereocenters. The number of nitrogens with zero attached hydrogens (tertiary/aromatic N) is 4. The average molecular weight is 617 g/mol. The first-order chi connectivity index (χ1) is 20.4. The van der Waals surface area contributed by atoms with Crippen molar-refractivity contribution in [3.63, 3.8) is 0 Å². The number of ether oxygens (including phenoxy) is 3. The molecule has 0 bridgehead atoms. The molecule has 2 aromatic heterocycles. The number of aliphatic hydroxyl groups excluding tert-OH is 1. The van der Waals surface area contributed by atoms with Crippen LogP contribution in [0.1, 0.15) is 45.9 Å². The minimum Gasteiger partial charge on any atom is -0.462 e. The van der Waals surface area contributed by atoms with Gasteiger partial charge in [0.1, 0.15) is 48.5 Å². The van der Waals surface area contributed by atoms with Crippen molar-refractivity contribution in [1.29, 1.82) is 5.26 Å². The molecule has 0 amide bonds. The number of fused-ring (bicyclic) bond motifs is 1. The fourth-order valence-corrected chi connectivity index (χ4v) is 5.85. The van der Waals surface area contributed by atoms with Crippen molar-refractivity contribution < 1.29 is 42.5 Å². The molecule has 3 heterocycles. The van der Waals surface area contributed by atoms with Crippen LogP contribution in [0.2, 0.25) is 0 Å². The van der Waals surface area contributed by atoms with Gasteiger partial charge in [0.2, 0.25) is 5.60 Å². The second-order valence-corrected chi connectivity index (χ2v) is 11.7. The summed E-state index contributed by atoms with van der Waals surface area (Å²) in [7, 11) is -4.45. The van der Waals surface area contributed by atoms with Gasteiger partial charge in [-0.3, -0.25) is 14.1 Å². The highest BCUT2D eigenvalue weighted by atomic mass is 31.2. The third-order valence-electron chi connectivity index (χ3n) is 6.45. The summed E-state index contributed by atoms with van der Waals surface area (Å²) in [5, 5.41) is 28.4. The molecule has 6 atom stereocenters. The monoisotopic (exact) mass is 616 g/mol. The standard InChI is InChI=1S/C27H33N6O9P/c1-5-21(34)40-23-22(19-11-12-20-25(29)30-15-31-33(19)20)41-27(13-28,24(23)35)14-38-43(37,42-18-9-7-6-8-10-18)32-17(4)26(36)39-16(2)3/h6-12,15-17,22-24,35H,5,14H2,1-4H3,(H,32,37)(H2,29,30,31)/t17-,22-,23-,24-,27+,43?/m0/s1. The van der Waals surface area contributed by atoms with E-state index >= 15 is 0 Å². The van der Waals surface area contributed by atoms with Crippen molar-refractivity contribution in [3.05, 3.63) is 54.5 Å². The van der Waals surface area contributed by atoms with Gasteiger partial charge in [0.15, 0.2) is 11.9 Å². The minimum absolute atomic E-state index is 0.0234. The number of nitrogens with two attached hydrogens (primary N) is 1. The molecule has 3 aromatic rings. The van der Waals surface area contributed by atoms with E-state index in [0.717, 1.165) is 0 Å². The molecule has 1 aromatic carbocycles. The minimum atomic E-state index is -4.45. The van der Waals surface area contributed by atoms with Crippen molar-refractivity contribution in [2.24, 2.45) is 0 Å². The lowest BCUT2D eigenvalue weighted by molar-refractivity contribution is -0.155. The summed E-state index contributed by atoms with van der Waals surface area (Å²) in [6.07, 6.45) is -3.66. The van der Waals surface area contributed by atoms with Crippen molar-refractivity contribution in [1.82, 2.24) is 19.7 Å². The summed E-state index contributed by atoms with van der Waals surface area (Å²) in [5.74, 6) is -1.10. The van der Waals surface area contributed by atoms with E-state index < -0.39 is 62.4 Å². The van der Waals surface area contributed by atoms with Crippen LogP contribution in [0.15, 0.2) is 48.8 Å². The number of rotatable bonds is 12. The fraction of sp³-hybridized carbons (Fsp3) is 0.444. The smallest absolute Gasteiger partial charge is 0.459 e. The number of hydrogen-bond acceptors (Lipinski definition) is 13. The van der Waals surface area contributed by atoms with Crippen LogP contribution in [-0.4, -0.2) is 68.2 Å². The Labute approximate surface area is 247 Å². The Morgan fingerprint density at radius 3 is 2.63 bits per heavy atom. The predicted octanol–water partition coefficient (Wildman–Crippen LogP) is 2.46. The van der Waals surface area contributed by atoms with E-state index in [1.807, 2.05) is 6.07 Å². The molecule has 16 heteroatoms. The maximum Gasteiger partial charge on any atom is 0.459 e. The van der Waals surface area contributed by atoms with Gasteiger partial charge in [0.25, 0.3) is 0 Å². The number of esters is 2. The highest BCUT2D eigenvalue weighted by molar-refractivity contribution is 7.52. The molecule has 4 N–H and O–H groups in total. The molecule has 1 aliphatic heterocycles. The van der Waals surface area contributed by atoms with Gasteiger partial charge >= 0.3 is 19.7 Å². The Kier molecular flexibility index (Phi) is 9.69. The fourth-order valence-electron chi connectivity index (χ4n) is 4.33. The lowest BCUT2D eigenvalue weighted by atomic mass is 9.96. The van der Waals surface area contributed by atoms with E-state index in [9.17, 15) is 24.5 Å². The Morgan fingerprint density at radius 1 is 1.26 bits per heavy atom. The zero-order valence-electron chi connectivity index (χ0n) is 23.9. The molecule has 0 spiro atoms. The summed E-state index contributed by atoms with van der Waals surface area (Å²) in [6.45, 7) is 5.45. The summed E-state index contributed by atoms with van der Waals surface area (Å²) in [4.78, 5) is 28.8. The van der Waals surface area contributed by atoms with Gasteiger partial charge in [-0.2, -0.15) is 15.4 Å². The number of aromatic nitrogens is 3. The number of carbonyl (C=O) groups excluding carboxylic acids is 2. The van der Waals surface area contributed by atoms with E-state index in [1.165, 1.54) is 29.9 Å². The second kappa shape index (κ2) is 13.1. The van der Waals surface area contributed by atoms with Crippen LogP contribution in [-0.2, 0) is 32.9 Å². The second-order valence-electron chi connectivity index (χ2n) is 10.0. The molecule has 1 saturated heterocycles. The van der Waals surface area contributed by atoms with Crippen LogP contribution in [0.5, 0.6) is 5.75 Å². The Morgan fingerprint density at radius 2 is 1.98 bits per heavy atom. The number of carbonyl (C=O) groups is 2. The van der Waals surface area contributed by atoms with Gasteiger partial charge in [-0.15, -0.1) is 0 Å². The van der Waals surface area contributed by atoms with Crippen molar-refractivity contribution >= 4 is 31.0 Å². The van der Waals surface area contributed by atoms with Gasteiger partial charge in [-0.05, 0) is 45.0 Å². The third-order valence-corrected chi connectivity index (χ3v) is 8.07. The normalized spacial score (nSPS) is 23.8. The first-order valence-electron chi connectivity index (χ1n) is 13.4. The molecule has 0 aliphatic carbocycles. The SMILES string of the molecule is CCC(=O)O[C@H]1[C@H](c2ccc3c(N)ncnn23)O[C@](C#N)(COP(=O)(N[C@@H](C)C(=O)OC(C)C)Oc2ccccc2)[C@H]1O. The first-order valence-corrected chi connectivity index (χ1v) is 15.0. The molecule has 15 nitrogen and oxygen atoms in total. The maximum atomic E-state index is 14.0. The zero-order valence-corrected chi connectivity index (χ0v) is 24.8. The molecule has 43 heavy (non-hydrogen) atoms. The van der Waals surface area contributed by atoms with E-state index in [0.29, 0.717) is 11.2 Å². The topological polar surface area (TPSA) is 210 Å². The molecule has 1 aliphatic rings. The number of anilines is 1. The Bertz CT molecular complexity index is 1540. The molecule has 0 saturated carbocycles. The van der Waals surface area contributed by atoms with Gasteiger partial charge in [0, 0.05) is 6.42 Å². The highest BCUT2D eigenvalue weighted by Crippen LogP contribution is 2.49. The summed E-state index contributed by atoms with van der Waals surface area (Å²) >= 11 is 0. The number of nitrogens with one attached hydrogen (secondary N) is 1. The van der Waals surface area contributed by atoms with Gasteiger partial charge in [-0.25, -0.2) is 14.1 Å². The molecule has 0 radical (unpaired) electrons. The van der Waals surface area contributed by atoms with E-state index in [2.05, 4.69) is 15.2 Å². The summed E-state index contributed by atoms with van der Waals surface area (Å²) in [6, 6.07) is 11.9. The molecule has 1 fully saturated rings. The van der Waals surface area contributed by atoms with Crippen LogP contribution in [0.3, 0.4) is 0 Å². The number of para-hydroxylation sites is 1. The maximum absolute atomic E-state index is 14.0. The summed E-state index contributed by atoms with van der Waals surface area (Å²) in [5.41, 5.74) is 4.44. The van der Waals surface area contributed by atoms with Crippen LogP contribution in [0.25, 0.3) is 5.52 Å². The van der Waals surface area contributed by atoms with Gasteiger partial charge in [-0.1, -0.05) is 25.1 Å². The number of benzene rings is 1. The van der Waals surface area contributed by atoms with Crippen LogP contribution < -0.4 is 15.3 Å². The Balaban J connectivity index is 1.67. The third kappa shape index (κ3) is 6.96. The van der Waals surface area contributed by atoms with Gasteiger partial charge < -0.3 is 29.6 Å². The van der Waals surface area contributed by atoms with Crippen molar-refractivity contribution in [2.45, 2.75) is 70.2 Å². The molecule has 230 valence electrons. The first kappa shape index (κ1) is 31.9. The molecular formula is C27H33N6O9P. The highest BCUT2D eigenvalue weighted by Gasteiger charge is 2.59. The van der Waals surface area contributed by atoms with Gasteiger partial charge in [0.05, 0.1) is 11.8 Å². The predicted molar refractivity (Wildman–Crippen MR) is 150 cm³/mol. The molecular weight excluding hydrogens is 583 g/mol. The number of hydrogen-bond donors (Lipinski definition) is 3. The zero-order chi connectivity index (χ0) is 31.4. The van der Waals surface area contributed by atoms with Crippen LogP contribution >= 0.6 is 7.75 Å². The lowest BCUT2D eigenvalue weighted by Gasteiger charge is -2.28. The van der Waals surface area contributed by atoms with E-state index in [1.54, 1.807) is 51.1 Å². The van der Waals surface area contributed by atoms with E-state index in [4.69, 9.17) is 29.0 Å². The summed E-state index contributed by atoms with van der Waals surface area (Å²) < 4.78 is 43.5. The van der Waals surface area contributed by atoms with Crippen molar-refractivity contribution in [3.8, 4) is 11.8 Å². The van der Waals surface area contributed by atoms with E-state index in [-0.39, 0.29) is 18.0 Å². The molecule has 4 rings (SSSR count). The average Bonchev–Trinajstić information content (AvgIpc) is 3.52. The van der Waals surface area contributed by atoms with Crippen LogP contribution in [0.4, 0.5) is 5.82 Å². The van der Waals surface area contributed by atoms with Crippen molar-refractivity contribution in [2.75, 3.05) is 12.3 Å². The number of nitriles is 1. The largest absolute Gasteiger partial charge is 0.462 e.